The van der Waals surface area contributed by atoms with Crippen molar-refractivity contribution in [3.8, 4) is 0 Å². The minimum Gasteiger partial charge on any atom is -0.385 e. The van der Waals surface area contributed by atoms with Crippen LogP contribution in [0, 0.1) is 5.41 Å². The molecule has 0 unspecified atom stereocenters. The number of pyridine rings is 1. The second-order valence-corrected chi connectivity index (χ2v) is 7.67. The van der Waals surface area contributed by atoms with Gasteiger partial charge in [0.15, 0.2) is 0 Å². The monoisotopic (exact) mass is 374 g/mol. The highest BCUT2D eigenvalue weighted by Gasteiger charge is 2.41. The van der Waals surface area contributed by atoms with Crippen molar-refractivity contribution in [3.63, 3.8) is 0 Å². The van der Waals surface area contributed by atoms with E-state index in [2.05, 4.69) is 15.2 Å². The molecule has 2 aliphatic heterocycles. The van der Waals surface area contributed by atoms with Crippen molar-refractivity contribution in [2.75, 3.05) is 51.8 Å². The summed E-state index contributed by atoms with van der Waals surface area (Å²) in [5, 5.41) is 2.66. The Morgan fingerprint density at radius 3 is 3.00 bits per heavy atom. The molecule has 1 N–H and O–H groups in total. The van der Waals surface area contributed by atoms with Gasteiger partial charge in [-0.2, -0.15) is 0 Å². The molecule has 148 valence electrons. The van der Waals surface area contributed by atoms with Crippen LogP contribution in [-0.2, 0) is 9.53 Å². The number of aromatic nitrogens is 1. The molecule has 1 aromatic heterocycles. The molecule has 2 fully saturated rings. The lowest BCUT2D eigenvalue weighted by molar-refractivity contribution is -0.138. The first kappa shape index (κ1) is 19.6. The van der Waals surface area contributed by atoms with E-state index in [9.17, 15) is 9.59 Å². The number of ether oxygens (including phenoxy) is 1. The first-order valence-electron chi connectivity index (χ1n) is 9.77. The number of rotatable bonds is 6. The largest absolute Gasteiger partial charge is 0.385 e. The molecule has 1 spiro atoms. The summed E-state index contributed by atoms with van der Waals surface area (Å²) in [6, 6.07) is 3.60. The van der Waals surface area contributed by atoms with Crippen molar-refractivity contribution in [2.45, 2.75) is 32.1 Å². The van der Waals surface area contributed by atoms with Gasteiger partial charge in [0.1, 0.15) is 5.82 Å². The fourth-order valence-electron chi connectivity index (χ4n) is 4.32. The van der Waals surface area contributed by atoms with Crippen LogP contribution in [0.15, 0.2) is 18.3 Å². The van der Waals surface area contributed by atoms with Gasteiger partial charge in [0.25, 0.3) is 5.91 Å². The molecule has 0 bridgehead atoms. The quantitative estimate of drug-likeness (QED) is 0.767. The number of hydrogen-bond donors (Lipinski definition) is 1. The summed E-state index contributed by atoms with van der Waals surface area (Å²) < 4.78 is 5.13. The van der Waals surface area contributed by atoms with Crippen molar-refractivity contribution >= 4 is 17.6 Å². The van der Waals surface area contributed by atoms with Gasteiger partial charge in [-0.1, -0.05) is 0 Å². The number of nitrogens with one attached hydrogen (secondary N) is 1. The number of carbonyl (C=O) groups excluding carboxylic acids is 2. The molecule has 3 rings (SSSR count). The fraction of sp³-hybridized carbons (Fsp3) is 0.650. The number of anilines is 1. The smallest absolute Gasteiger partial charge is 0.251 e. The van der Waals surface area contributed by atoms with Crippen LogP contribution in [-0.4, -0.2) is 68.6 Å². The predicted molar refractivity (Wildman–Crippen MR) is 104 cm³/mol. The van der Waals surface area contributed by atoms with E-state index in [4.69, 9.17) is 4.74 Å². The summed E-state index contributed by atoms with van der Waals surface area (Å²) in [4.78, 5) is 33.1. The van der Waals surface area contributed by atoms with Crippen molar-refractivity contribution in [2.24, 2.45) is 5.41 Å². The van der Waals surface area contributed by atoms with E-state index in [1.54, 1.807) is 26.4 Å². The fourth-order valence-corrected chi connectivity index (χ4v) is 4.32. The molecule has 0 aliphatic carbocycles. The molecule has 7 nitrogen and oxygen atoms in total. The summed E-state index contributed by atoms with van der Waals surface area (Å²) >= 11 is 0. The molecule has 3 heterocycles. The van der Waals surface area contributed by atoms with E-state index in [1.165, 1.54) is 0 Å². The van der Waals surface area contributed by atoms with Gasteiger partial charge < -0.3 is 19.9 Å². The van der Waals surface area contributed by atoms with Crippen LogP contribution in [0.5, 0.6) is 0 Å². The second-order valence-electron chi connectivity index (χ2n) is 7.67. The lowest BCUT2D eigenvalue weighted by atomic mass is 9.73. The Kier molecular flexibility index (Phi) is 6.31. The Bertz CT molecular complexity index is 681. The molecule has 7 heteroatoms. The number of carbonyl (C=O) groups is 2. The first-order valence-corrected chi connectivity index (χ1v) is 9.77. The molecular weight excluding hydrogens is 344 g/mol. The Balaban J connectivity index is 1.71. The molecule has 2 amide bonds. The van der Waals surface area contributed by atoms with Gasteiger partial charge in [-0.25, -0.2) is 4.98 Å². The highest BCUT2D eigenvalue weighted by molar-refractivity contribution is 5.94. The predicted octanol–water partition coefficient (Wildman–Crippen LogP) is 1.69. The Hall–Kier alpha value is -2.15. The van der Waals surface area contributed by atoms with E-state index in [0.717, 1.165) is 57.7 Å². The third kappa shape index (κ3) is 4.58. The van der Waals surface area contributed by atoms with Gasteiger partial charge in [0.05, 0.1) is 0 Å². The number of piperidine rings is 2. The Morgan fingerprint density at radius 2 is 2.22 bits per heavy atom. The van der Waals surface area contributed by atoms with Gasteiger partial charge in [-0.15, -0.1) is 0 Å². The molecule has 1 atom stereocenters. The maximum absolute atomic E-state index is 12.3. The molecule has 2 aliphatic rings. The third-order valence-corrected chi connectivity index (χ3v) is 5.74. The van der Waals surface area contributed by atoms with Crippen LogP contribution in [0.3, 0.4) is 0 Å². The molecule has 0 saturated carbocycles. The Morgan fingerprint density at radius 1 is 1.37 bits per heavy atom. The zero-order chi connectivity index (χ0) is 19.3. The van der Waals surface area contributed by atoms with E-state index in [-0.39, 0.29) is 17.2 Å². The lowest BCUT2D eigenvalue weighted by Crippen LogP contribution is -2.54. The average molecular weight is 374 g/mol. The van der Waals surface area contributed by atoms with Gasteiger partial charge in [0.2, 0.25) is 5.91 Å². The molecule has 0 radical (unpaired) electrons. The van der Waals surface area contributed by atoms with E-state index >= 15 is 0 Å². The first-order chi connectivity index (χ1) is 13.1. The van der Waals surface area contributed by atoms with Crippen molar-refractivity contribution in [1.29, 1.82) is 0 Å². The zero-order valence-electron chi connectivity index (χ0n) is 16.4. The minimum absolute atomic E-state index is 0.0991. The summed E-state index contributed by atoms with van der Waals surface area (Å²) in [6.07, 6.45) is 6.32. The summed E-state index contributed by atoms with van der Waals surface area (Å²) in [5.41, 5.74) is 0.742. The summed E-state index contributed by atoms with van der Waals surface area (Å²) in [6.45, 7) is 4.06. The number of amides is 2. The van der Waals surface area contributed by atoms with Crippen LogP contribution < -0.4 is 10.2 Å². The van der Waals surface area contributed by atoms with Crippen molar-refractivity contribution < 1.29 is 14.3 Å². The minimum atomic E-state index is -0.0991. The summed E-state index contributed by atoms with van der Waals surface area (Å²) in [7, 11) is 3.33. The van der Waals surface area contributed by atoms with Crippen LogP contribution in [0.2, 0.25) is 0 Å². The van der Waals surface area contributed by atoms with E-state index in [0.29, 0.717) is 18.6 Å². The molecule has 2 saturated heterocycles. The van der Waals surface area contributed by atoms with Crippen LogP contribution in [0.25, 0.3) is 0 Å². The van der Waals surface area contributed by atoms with Crippen LogP contribution >= 0.6 is 0 Å². The van der Waals surface area contributed by atoms with Gasteiger partial charge in [-0.05, 0) is 37.8 Å². The van der Waals surface area contributed by atoms with E-state index < -0.39 is 0 Å². The van der Waals surface area contributed by atoms with Gasteiger partial charge in [0, 0.05) is 70.5 Å². The third-order valence-electron chi connectivity index (χ3n) is 5.74. The average Bonchev–Trinajstić information content (AvgIpc) is 2.70. The molecule has 1 aromatic rings. The lowest BCUT2D eigenvalue weighted by Gasteiger charge is -2.48. The van der Waals surface area contributed by atoms with Crippen molar-refractivity contribution in [3.05, 3.63) is 23.9 Å². The normalized spacial score (nSPS) is 23.0. The Labute approximate surface area is 161 Å². The van der Waals surface area contributed by atoms with Gasteiger partial charge >= 0.3 is 0 Å². The number of likely N-dealkylation sites (tertiary alicyclic amines) is 1. The SMILES string of the molecule is CNC(=O)c1ccnc(N2CCC[C@]3(CCC(=O)N(CCCOC)C3)C2)c1. The molecule has 0 aromatic carbocycles. The van der Waals surface area contributed by atoms with Gasteiger partial charge in [-0.3, -0.25) is 9.59 Å². The summed E-state index contributed by atoms with van der Waals surface area (Å²) in [5.74, 6) is 1.00. The highest BCUT2D eigenvalue weighted by Crippen LogP contribution is 2.40. The van der Waals surface area contributed by atoms with Crippen LogP contribution in [0.4, 0.5) is 5.82 Å². The standard InChI is InChI=1S/C20H30N4O3/c1-21-19(26)16-6-9-22-17(13-16)23-10-3-7-20(14-23)8-5-18(25)24(15-20)11-4-12-27-2/h6,9,13H,3-5,7-8,10-12,14-15H2,1-2H3,(H,21,26)/t20-/m0/s1. The highest BCUT2D eigenvalue weighted by atomic mass is 16.5. The maximum atomic E-state index is 12.3. The number of nitrogens with zero attached hydrogens (tertiary/aromatic N) is 3. The number of hydrogen-bond acceptors (Lipinski definition) is 5. The zero-order valence-corrected chi connectivity index (χ0v) is 16.4. The molecular formula is C20H30N4O3. The molecule has 27 heavy (non-hydrogen) atoms. The topological polar surface area (TPSA) is 74.8 Å². The maximum Gasteiger partial charge on any atom is 0.251 e. The van der Waals surface area contributed by atoms with Crippen molar-refractivity contribution in [1.82, 2.24) is 15.2 Å². The van der Waals surface area contributed by atoms with Crippen LogP contribution in [0.1, 0.15) is 42.5 Å². The second kappa shape index (κ2) is 8.69. The number of methoxy groups -OCH3 is 1. The van der Waals surface area contributed by atoms with E-state index in [1.807, 2.05) is 11.0 Å².